The summed E-state index contributed by atoms with van der Waals surface area (Å²) in [7, 11) is 0. The van der Waals surface area contributed by atoms with Crippen molar-refractivity contribution in [2.45, 2.75) is 44.6 Å². The Hall–Kier alpha value is -3.87. The van der Waals surface area contributed by atoms with Gasteiger partial charge in [-0.2, -0.15) is 0 Å². The number of benzene rings is 2. The fourth-order valence-corrected chi connectivity index (χ4v) is 4.99. The Labute approximate surface area is 191 Å². The third-order valence-corrected chi connectivity index (χ3v) is 6.64. The predicted octanol–water partition coefficient (Wildman–Crippen LogP) is 5.37. The van der Waals surface area contributed by atoms with Crippen molar-refractivity contribution >= 4 is 11.2 Å². The molecule has 0 bridgehead atoms. The van der Waals surface area contributed by atoms with Crippen LogP contribution in [0.25, 0.3) is 33.7 Å². The molecule has 6 rings (SSSR count). The third-order valence-electron chi connectivity index (χ3n) is 6.64. The lowest BCUT2D eigenvalue weighted by molar-refractivity contribution is 0.419. The highest BCUT2D eigenvalue weighted by atomic mass is 15.5. The highest BCUT2D eigenvalue weighted by molar-refractivity contribution is 5.80. The Morgan fingerprint density at radius 3 is 2.48 bits per heavy atom. The largest absolute Gasteiger partial charge is 0.308 e. The maximum atomic E-state index is 5.02. The molecule has 1 aliphatic carbocycles. The number of tetrazole rings is 1. The molecule has 0 aliphatic heterocycles. The lowest BCUT2D eigenvalue weighted by atomic mass is 9.88. The second-order valence-electron chi connectivity index (χ2n) is 8.73. The number of rotatable bonds is 5. The average molecular weight is 436 g/mol. The van der Waals surface area contributed by atoms with Crippen molar-refractivity contribution in [3.8, 4) is 22.5 Å². The van der Waals surface area contributed by atoms with Crippen LogP contribution in [-0.4, -0.2) is 35.2 Å². The minimum atomic E-state index is 0.523. The maximum absolute atomic E-state index is 5.02. The molecule has 0 saturated heterocycles. The van der Waals surface area contributed by atoms with E-state index in [4.69, 9.17) is 4.98 Å². The molecule has 0 spiro atoms. The van der Waals surface area contributed by atoms with E-state index in [1.54, 1.807) is 0 Å². The number of aromatic nitrogens is 7. The molecule has 1 saturated carbocycles. The summed E-state index contributed by atoms with van der Waals surface area (Å²) in [4.78, 5) is 9.69. The van der Waals surface area contributed by atoms with Crippen LogP contribution in [0.15, 0.2) is 66.9 Å². The number of pyridine rings is 1. The summed E-state index contributed by atoms with van der Waals surface area (Å²) in [5, 5.41) is 14.4. The van der Waals surface area contributed by atoms with Crippen molar-refractivity contribution in [3.05, 3.63) is 78.2 Å². The Bertz CT molecular complexity index is 1360. The molecule has 1 N–H and O–H groups in total. The quantitative estimate of drug-likeness (QED) is 0.401. The standard InChI is InChI=1S/C26H25N7/c1-2-7-20(8-3-1)25-28-23-11-6-16-27-26(23)33(25)17-18-12-14-19(15-13-18)21-9-4-5-10-22(21)24-29-31-32-30-24/h4-6,9-16,20H,1-3,7-8,17H2,(H,29,30,31,32). The molecule has 3 heterocycles. The van der Waals surface area contributed by atoms with Crippen molar-refractivity contribution in [1.82, 2.24) is 35.2 Å². The van der Waals surface area contributed by atoms with Crippen LogP contribution in [0.5, 0.6) is 0 Å². The van der Waals surface area contributed by atoms with Crippen LogP contribution >= 0.6 is 0 Å². The van der Waals surface area contributed by atoms with Crippen LogP contribution < -0.4 is 0 Å². The maximum Gasteiger partial charge on any atom is 0.180 e. The van der Waals surface area contributed by atoms with E-state index in [1.165, 1.54) is 43.5 Å². The van der Waals surface area contributed by atoms with Gasteiger partial charge in [0, 0.05) is 17.7 Å². The Kier molecular flexibility index (Phi) is 5.14. The Morgan fingerprint density at radius 1 is 0.879 bits per heavy atom. The number of H-pyrrole nitrogens is 1. The number of fused-ring (bicyclic) bond motifs is 1. The van der Waals surface area contributed by atoms with Gasteiger partial charge >= 0.3 is 0 Å². The molecule has 0 unspecified atom stereocenters. The summed E-state index contributed by atoms with van der Waals surface area (Å²) in [6, 6.07) is 21.0. The summed E-state index contributed by atoms with van der Waals surface area (Å²) in [5.41, 5.74) is 6.42. The van der Waals surface area contributed by atoms with Crippen molar-refractivity contribution < 1.29 is 0 Å². The number of hydrogen-bond acceptors (Lipinski definition) is 5. The number of aromatic amines is 1. The lowest BCUT2D eigenvalue weighted by Gasteiger charge is -2.22. The Morgan fingerprint density at radius 2 is 1.70 bits per heavy atom. The molecule has 1 fully saturated rings. The van der Waals surface area contributed by atoms with Crippen molar-refractivity contribution in [2.75, 3.05) is 0 Å². The van der Waals surface area contributed by atoms with Gasteiger partial charge in [0.2, 0.25) is 0 Å². The van der Waals surface area contributed by atoms with Crippen molar-refractivity contribution in [3.63, 3.8) is 0 Å². The summed E-state index contributed by atoms with van der Waals surface area (Å²) >= 11 is 0. The van der Waals surface area contributed by atoms with Gasteiger partial charge in [-0.05, 0) is 52.1 Å². The van der Waals surface area contributed by atoms with E-state index >= 15 is 0 Å². The lowest BCUT2D eigenvalue weighted by Crippen LogP contribution is -2.13. The van der Waals surface area contributed by atoms with Crippen LogP contribution in [0.2, 0.25) is 0 Å². The number of imidazole rings is 1. The molecule has 0 radical (unpaired) electrons. The topological polar surface area (TPSA) is 85.2 Å². The highest BCUT2D eigenvalue weighted by Crippen LogP contribution is 2.34. The first-order valence-electron chi connectivity index (χ1n) is 11.6. The van der Waals surface area contributed by atoms with Crippen LogP contribution in [0, 0.1) is 0 Å². The number of nitrogens with one attached hydrogen (secondary N) is 1. The molecule has 2 aromatic carbocycles. The van der Waals surface area contributed by atoms with Crippen molar-refractivity contribution in [2.24, 2.45) is 0 Å². The van der Waals surface area contributed by atoms with Gasteiger partial charge in [-0.1, -0.05) is 67.8 Å². The molecule has 3 aromatic heterocycles. The summed E-state index contributed by atoms with van der Waals surface area (Å²) in [6.07, 6.45) is 8.21. The van der Waals surface area contributed by atoms with Gasteiger partial charge in [-0.25, -0.2) is 15.1 Å². The van der Waals surface area contributed by atoms with Gasteiger partial charge in [0.1, 0.15) is 11.3 Å². The van der Waals surface area contributed by atoms with Crippen LogP contribution in [0.3, 0.4) is 0 Å². The summed E-state index contributed by atoms with van der Waals surface area (Å²) in [6.45, 7) is 0.771. The molecule has 7 heteroatoms. The predicted molar refractivity (Wildman–Crippen MR) is 128 cm³/mol. The molecule has 7 nitrogen and oxygen atoms in total. The van der Waals surface area contributed by atoms with Gasteiger partial charge in [0.25, 0.3) is 0 Å². The van der Waals surface area contributed by atoms with Crippen molar-refractivity contribution in [1.29, 1.82) is 0 Å². The smallest absolute Gasteiger partial charge is 0.180 e. The zero-order valence-electron chi connectivity index (χ0n) is 18.4. The SMILES string of the molecule is c1ccc(-c2nnn[nH]2)c(-c2ccc(Cn3c(C4CCCCC4)nc4cccnc43)cc2)c1. The van der Waals surface area contributed by atoms with Gasteiger partial charge < -0.3 is 4.57 Å². The fraction of sp³-hybridized carbons (Fsp3) is 0.269. The van der Waals surface area contributed by atoms with Gasteiger partial charge in [0.05, 0.1) is 6.54 Å². The van der Waals surface area contributed by atoms with Crippen LogP contribution in [0.1, 0.15) is 49.4 Å². The molecule has 0 atom stereocenters. The Balaban J connectivity index is 1.34. The van der Waals surface area contributed by atoms with Gasteiger partial charge in [-0.3, -0.25) is 0 Å². The molecule has 33 heavy (non-hydrogen) atoms. The minimum absolute atomic E-state index is 0.523. The molecule has 5 aromatic rings. The first kappa shape index (κ1) is 19.8. The van der Waals surface area contributed by atoms with Crippen LogP contribution in [0.4, 0.5) is 0 Å². The fourth-order valence-electron chi connectivity index (χ4n) is 4.99. The zero-order chi connectivity index (χ0) is 22.0. The normalized spacial score (nSPS) is 14.7. The van der Waals surface area contributed by atoms with E-state index in [-0.39, 0.29) is 0 Å². The molecular formula is C26H25N7. The van der Waals surface area contributed by atoms with E-state index in [0.717, 1.165) is 34.4 Å². The van der Waals surface area contributed by atoms with E-state index < -0.39 is 0 Å². The number of hydrogen-bond donors (Lipinski definition) is 1. The second kappa shape index (κ2) is 8.58. The first-order chi connectivity index (χ1) is 16.4. The molecular weight excluding hydrogens is 410 g/mol. The molecule has 164 valence electrons. The monoisotopic (exact) mass is 435 g/mol. The van der Waals surface area contributed by atoms with Gasteiger partial charge in [0.15, 0.2) is 11.5 Å². The second-order valence-corrected chi connectivity index (χ2v) is 8.73. The van der Waals surface area contributed by atoms with E-state index in [9.17, 15) is 0 Å². The van der Waals surface area contributed by atoms with Crippen LogP contribution in [-0.2, 0) is 6.54 Å². The molecule has 1 aliphatic rings. The van der Waals surface area contributed by atoms with E-state index in [1.807, 2.05) is 30.5 Å². The third kappa shape index (κ3) is 3.80. The molecule has 0 amide bonds. The average Bonchev–Trinajstić information content (AvgIpc) is 3.54. The zero-order valence-corrected chi connectivity index (χ0v) is 18.4. The highest BCUT2D eigenvalue weighted by Gasteiger charge is 2.23. The van der Waals surface area contributed by atoms with E-state index in [0.29, 0.717) is 11.7 Å². The summed E-state index contributed by atoms with van der Waals surface area (Å²) in [5.74, 6) is 2.38. The van der Waals surface area contributed by atoms with Gasteiger partial charge in [-0.15, -0.1) is 5.10 Å². The minimum Gasteiger partial charge on any atom is -0.308 e. The summed E-state index contributed by atoms with van der Waals surface area (Å²) < 4.78 is 2.33. The van der Waals surface area contributed by atoms with E-state index in [2.05, 4.69) is 66.6 Å². The first-order valence-corrected chi connectivity index (χ1v) is 11.6. The number of nitrogens with zero attached hydrogens (tertiary/aromatic N) is 6.